The predicted octanol–water partition coefficient (Wildman–Crippen LogP) is 3.43. The standard InChI is InChI=1S/C7H14O.2CH4/c1-3-4-5-6-7(2)8;;/h3-6H2,1-2H3;2*1H4. The van der Waals surface area contributed by atoms with E-state index in [1.165, 1.54) is 12.8 Å². The van der Waals surface area contributed by atoms with Gasteiger partial charge in [-0.05, 0) is 13.3 Å². The lowest BCUT2D eigenvalue weighted by Gasteiger charge is -1.90. The summed E-state index contributed by atoms with van der Waals surface area (Å²) >= 11 is 0. The average Bonchev–Trinajstić information content (AvgIpc) is 1.66. The molecule has 0 amide bonds. The minimum atomic E-state index is 0. The van der Waals surface area contributed by atoms with Crippen molar-refractivity contribution < 1.29 is 4.79 Å². The molecule has 0 unspecified atom stereocenters. The van der Waals surface area contributed by atoms with Gasteiger partial charge in [0.15, 0.2) is 0 Å². The highest BCUT2D eigenvalue weighted by atomic mass is 16.1. The third-order valence-electron chi connectivity index (χ3n) is 1.13. The number of ketones is 1. The Bertz CT molecular complexity index is 67.1. The van der Waals surface area contributed by atoms with Gasteiger partial charge in [0.1, 0.15) is 5.78 Å². The van der Waals surface area contributed by atoms with Crippen molar-refractivity contribution in [3.8, 4) is 0 Å². The van der Waals surface area contributed by atoms with Crippen LogP contribution in [-0.2, 0) is 4.79 Å². The van der Waals surface area contributed by atoms with E-state index in [1.807, 2.05) is 0 Å². The third-order valence-corrected chi connectivity index (χ3v) is 1.13. The highest BCUT2D eigenvalue weighted by Gasteiger charge is 1.89. The summed E-state index contributed by atoms with van der Waals surface area (Å²) in [5, 5.41) is 0. The van der Waals surface area contributed by atoms with Crippen molar-refractivity contribution in [3.63, 3.8) is 0 Å². The Balaban J connectivity index is -0.000000245. The van der Waals surface area contributed by atoms with Crippen LogP contribution in [0.5, 0.6) is 0 Å². The van der Waals surface area contributed by atoms with E-state index in [0.717, 1.165) is 12.8 Å². The quantitative estimate of drug-likeness (QED) is 0.555. The first kappa shape index (κ1) is 16.3. The summed E-state index contributed by atoms with van der Waals surface area (Å²) in [5.41, 5.74) is 0. The smallest absolute Gasteiger partial charge is 0.129 e. The van der Waals surface area contributed by atoms with E-state index in [9.17, 15) is 4.79 Å². The van der Waals surface area contributed by atoms with Gasteiger partial charge in [0, 0.05) is 6.42 Å². The van der Waals surface area contributed by atoms with Gasteiger partial charge in [0.2, 0.25) is 0 Å². The minimum Gasteiger partial charge on any atom is -0.300 e. The van der Waals surface area contributed by atoms with E-state index < -0.39 is 0 Å². The van der Waals surface area contributed by atoms with E-state index in [0.29, 0.717) is 5.78 Å². The Morgan fingerprint density at radius 3 is 2.00 bits per heavy atom. The Hall–Kier alpha value is -0.330. The molecule has 1 nitrogen and oxygen atoms in total. The van der Waals surface area contributed by atoms with Crippen LogP contribution in [-0.4, -0.2) is 5.78 Å². The summed E-state index contributed by atoms with van der Waals surface area (Å²) in [7, 11) is 0. The van der Waals surface area contributed by atoms with Gasteiger partial charge in [-0.1, -0.05) is 34.6 Å². The van der Waals surface area contributed by atoms with Crippen LogP contribution in [0.25, 0.3) is 0 Å². The second-order valence-electron chi connectivity index (χ2n) is 2.16. The Morgan fingerprint density at radius 1 is 1.20 bits per heavy atom. The van der Waals surface area contributed by atoms with Gasteiger partial charge < -0.3 is 4.79 Å². The lowest BCUT2D eigenvalue weighted by molar-refractivity contribution is -0.117. The van der Waals surface area contributed by atoms with Crippen LogP contribution in [0.15, 0.2) is 0 Å². The molecular weight excluding hydrogens is 124 g/mol. The SMILES string of the molecule is C.C.CCCCCC(C)=O. The molecule has 0 aliphatic heterocycles. The molecule has 10 heavy (non-hydrogen) atoms. The molecule has 0 aliphatic carbocycles. The fourth-order valence-electron chi connectivity index (χ4n) is 0.624. The van der Waals surface area contributed by atoms with Crippen LogP contribution < -0.4 is 0 Å². The maximum Gasteiger partial charge on any atom is 0.129 e. The summed E-state index contributed by atoms with van der Waals surface area (Å²) < 4.78 is 0. The van der Waals surface area contributed by atoms with Crippen LogP contribution in [0.3, 0.4) is 0 Å². The molecule has 0 spiro atoms. The molecule has 0 saturated heterocycles. The molecule has 0 heterocycles. The number of unbranched alkanes of at least 4 members (excludes halogenated alkanes) is 2. The molecule has 64 valence electrons. The Kier molecular flexibility index (Phi) is 18.7. The Labute approximate surface area is 65.8 Å². The molecule has 0 rings (SSSR count). The lowest BCUT2D eigenvalue weighted by atomic mass is 10.2. The second kappa shape index (κ2) is 11.5. The molecular formula is C9H22O. The highest BCUT2D eigenvalue weighted by Crippen LogP contribution is 1.98. The van der Waals surface area contributed by atoms with Gasteiger partial charge in [-0.15, -0.1) is 0 Å². The first-order valence-electron chi connectivity index (χ1n) is 3.26. The first-order chi connectivity index (χ1) is 3.77. The summed E-state index contributed by atoms with van der Waals surface area (Å²) in [6.07, 6.45) is 4.24. The number of hydrogen-bond acceptors (Lipinski definition) is 1. The lowest BCUT2D eigenvalue weighted by Crippen LogP contribution is -1.87. The third kappa shape index (κ3) is 15.6. The molecule has 0 radical (unpaired) electrons. The minimum absolute atomic E-state index is 0. The van der Waals surface area contributed by atoms with Gasteiger partial charge in [-0.3, -0.25) is 0 Å². The summed E-state index contributed by atoms with van der Waals surface area (Å²) in [6.45, 7) is 3.79. The highest BCUT2D eigenvalue weighted by molar-refractivity contribution is 5.75. The van der Waals surface area contributed by atoms with Gasteiger partial charge >= 0.3 is 0 Å². The van der Waals surface area contributed by atoms with Crippen LogP contribution in [0.4, 0.5) is 0 Å². The number of carbonyl (C=O) groups is 1. The molecule has 0 aromatic heterocycles. The number of hydrogen-bond donors (Lipinski definition) is 0. The monoisotopic (exact) mass is 146 g/mol. The summed E-state index contributed by atoms with van der Waals surface area (Å²) in [6, 6.07) is 0. The topological polar surface area (TPSA) is 17.1 Å². The molecule has 0 N–H and O–H groups in total. The Morgan fingerprint density at radius 2 is 1.70 bits per heavy atom. The van der Waals surface area contributed by atoms with Gasteiger partial charge in [-0.25, -0.2) is 0 Å². The molecule has 1 heteroatoms. The normalized spacial score (nSPS) is 7.40. The molecule has 0 aromatic rings. The van der Waals surface area contributed by atoms with Crippen molar-refractivity contribution in [2.45, 2.75) is 54.4 Å². The van der Waals surface area contributed by atoms with Crippen LogP contribution in [0.1, 0.15) is 54.4 Å². The van der Waals surface area contributed by atoms with E-state index in [2.05, 4.69) is 6.92 Å². The zero-order chi connectivity index (χ0) is 6.41. The maximum atomic E-state index is 10.3. The molecule has 0 aliphatic rings. The average molecular weight is 146 g/mol. The summed E-state index contributed by atoms with van der Waals surface area (Å²) in [5.74, 6) is 0.318. The summed E-state index contributed by atoms with van der Waals surface area (Å²) in [4.78, 5) is 10.3. The number of Topliss-reactive ketones (excluding diaryl/α,β-unsaturated/α-hetero) is 1. The van der Waals surface area contributed by atoms with Crippen LogP contribution >= 0.6 is 0 Å². The van der Waals surface area contributed by atoms with Crippen LogP contribution in [0, 0.1) is 0 Å². The van der Waals surface area contributed by atoms with E-state index in [1.54, 1.807) is 6.92 Å². The molecule has 0 saturated carbocycles. The van der Waals surface area contributed by atoms with Crippen molar-refractivity contribution in [3.05, 3.63) is 0 Å². The largest absolute Gasteiger partial charge is 0.300 e. The van der Waals surface area contributed by atoms with Crippen molar-refractivity contribution in [2.24, 2.45) is 0 Å². The van der Waals surface area contributed by atoms with E-state index in [4.69, 9.17) is 0 Å². The van der Waals surface area contributed by atoms with E-state index >= 15 is 0 Å². The van der Waals surface area contributed by atoms with Gasteiger partial charge in [-0.2, -0.15) is 0 Å². The zero-order valence-electron chi connectivity index (χ0n) is 5.74. The molecule has 0 atom stereocenters. The first-order valence-corrected chi connectivity index (χ1v) is 3.26. The van der Waals surface area contributed by atoms with Crippen molar-refractivity contribution in [1.29, 1.82) is 0 Å². The second-order valence-corrected chi connectivity index (χ2v) is 2.16. The molecule has 0 fully saturated rings. The van der Waals surface area contributed by atoms with Gasteiger partial charge in [0.25, 0.3) is 0 Å². The van der Waals surface area contributed by atoms with Crippen LogP contribution in [0.2, 0.25) is 0 Å². The maximum absolute atomic E-state index is 10.3. The zero-order valence-corrected chi connectivity index (χ0v) is 5.74. The van der Waals surface area contributed by atoms with E-state index in [-0.39, 0.29) is 14.9 Å². The fourth-order valence-corrected chi connectivity index (χ4v) is 0.624. The van der Waals surface area contributed by atoms with Crippen molar-refractivity contribution in [2.75, 3.05) is 0 Å². The number of rotatable bonds is 4. The molecule has 0 bridgehead atoms. The fraction of sp³-hybridized carbons (Fsp3) is 0.889. The predicted molar refractivity (Wildman–Crippen MR) is 48.3 cm³/mol. The molecule has 0 aromatic carbocycles. The van der Waals surface area contributed by atoms with Crippen molar-refractivity contribution >= 4 is 5.78 Å². The van der Waals surface area contributed by atoms with Gasteiger partial charge in [0.05, 0.1) is 0 Å². The number of carbonyl (C=O) groups excluding carboxylic acids is 1. The van der Waals surface area contributed by atoms with Crippen molar-refractivity contribution in [1.82, 2.24) is 0 Å².